The minimum Gasteiger partial charge on any atom is -0.398 e. The van der Waals surface area contributed by atoms with Gasteiger partial charge < -0.3 is 11.1 Å². The third kappa shape index (κ3) is 3.56. The fourth-order valence-electron chi connectivity index (χ4n) is 1.59. The van der Waals surface area contributed by atoms with Gasteiger partial charge in [-0.1, -0.05) is 0 Å². The summed E-state index contributed by atoms with van der Waals surface area (Å²) in [6, 6.07) is 4.56. The van der Waals surface area contributed by atoms with Crippen LogP contribution in [0.4, 0.5) is 24.5 Å². The maximum atomic E-state index is 12.7. The number of thiophene rings is 1. The highest BCUT2D eigenvalue weighted by Crippen LogP contribution is 2.34. The second-order valence-electron chi connectivity index (χ2n) is 4.27. The first-order valence-corrected chi connectivity index (χ1v) is 7.33. The van der Waals surface area contributed by atoms with Crippen molar-refractivity contribution >= 4 is 44.5 Å². The summed E-state index contributed by atoms with van der Waals surface area (Å²) in [7, 11) is 0. The molecule has 112 valence electrons. The van der Waals surface area contributed by atoms with Gasteiger partial charge in [-0.3, -0.25) is 4.79 Å². The van der Waals surface area contributed by atoms with E-state index in [2.05, 4.69) is 21.2 Å². The van der Waals surface area contributed by atoms with Crippen molar-refractivity contribution in [3.8, 4) is 0 Å². The molecule has 0 saturated carbocycles. The van der Waals surface area contributed by atoms with Gasteiger partial charge in [-0.05, 0) is 47.1 Å². The number of rotatable bonds is 2. The van der Waals surface area contributed by atoms with Crippen molar-refractivity contribution in [2.24, 2.45) is 0 Å². The largest absolute Gasteiger partial charge is 0.416 e. The van der Waals surface area contributed by atoms with Gasteiger partial charge in [0.1, 0.15) is 0 Å². The van der Waals surface area contributed by atoms with E-state index in [4.69, 9.17) is 5.73 Å². The quantitative estimate of drug-likeness (QED) is 0.797. The number of nitrogens with two attached hydrogens (primary N) is 1. The number of nitrogens with one attached hydrogen (secondary N) is 1. The van der Waals surface area contributed by atoms with Crippen LogP contribution in [0.15, 0.2) is 28.7 Å². The standard InChI is InChI=1S/C13H10BrF3N2OS/c1-6-9(18)5-11(21-6)12(20)19-10-4-7(13(15,16)17)2-3-8(10)14/h2-5H,18H2,1H3,(H,19,20). The molecule has 21 heavy (non-hydrogen) atoms. The van der Waals surface area contributed by atoms with Crippen molar-refractivity contribution in [3.63, 3.8) is 0 Å². The monoisotopic (exact) mass is 378 g/mol. The second kappa shape index (κ2) is 5.69. The van der Waals surface area contributed by atoms with Crippen LogP contribution in [0.1, 0.15) is 20.1 Å². The van der Waals surface area contributed by atoms with E-state index in [0.29, 0.717) is 15.0 Å². The molecule has 0 spiro atoms. The molecular weight excluding hydrogens is 369 g/mol. The Labute approximate surface area is 131 Å². The Balaban J connectivity index is 2.28. The molecule has 0 aliphatic rings. The maximum absolute atomic E-state index is 12.7. The molecule has 1 aromatic carbocycles. The average Bonchev–Trinajstić information content (AvgIpc) is 2.71. The lowest BCUT2D eigenvalue weighted by molar-refractivity contribution is -0.137. The van der Waals surface area contributed by atoms with Crippen molar-refractivity contribution in [2.45, 2.75) is 13.1 Å². The topological polar surface area (TPSA) is 55.1 Å². The molecule has 3 N–H and O–H groups in total. The summed E-state index contributed by atoms with van der Waals surface area (Å²) >= 11 is 4.30. The molecule has 0 unspecified atom stereocenters. The number of amides is 1. The molecule has 3 nitrogen and oxygen atoms in total. The fourth-order valence-corrected chi connectivity index (χ4v) is 2.77. The molecule has 0 fully saturated rings. The summed E-state index contributed by atoms with van der Waals surface area (Å²) in [6.45, 7) is 1.76. The highest BCUT2D eigenvalue weighted by molar-refractivity contribution is 9.10. The van der Waals surface area contributed by atoms with E-state index in [1.165, 1.54) is 23.5 Å². The van der Waals surface area contributed by atoms with Gasteiger partial charge in [-0.15, -0.1) is 11.3 Å². The summed E-state index contributed by atoms with van der Waals surface area (Å²) in [5, 5.41) is 2.45. The molecule has 1 aromatic heterocycles. The Kier molecular flexibility index (Phi) is 4.29. The number of hydrogen-bond donors (Lipinski definition) is 2. The SMILES string of the molecule is Cc1sc(C(=O)Nc2cc(C(F)(F)F)ccc2Br)cc1N. The Morgan fingerprint density at radius 1 is 1.33 bits per heavy atom. The van der Waals surface area contributed by atoms with Crippen LogP contribution in [-0.2, 0) is 6.18 Å². The lowest BCUT2D eigenvalue weighted by Crippen LogP contribution is -2.12. The minimum absolute atomic E-state index is 0.0550. The fraction of sp³-hybridized carbons (Fsp3) is 0.154. The van der Waals surface area contributed by atoms with Crippen molar-refractivity contribution in [2.75, 3.05) is 11.1 Å². The van der Waals surface area contributed by atoms with Crippen molar-refractivity contribution in [3.05, 3.63) is 44.1 Å². The van der Waals surface area contributed by atoms with Crippen molar-refractivity contribution in [1.29, 1.82) is 0 Å². The maximum Gasteiger partial charge on any atom is 0.416 e. The van der Waals surface area contributed by atoms with Gasteiger partial charge in [0.2, 0.25) is 0 Å². The van der Waals surface area contributed by atoms with Crippen LogP contribution in [0.3, 0.4) is 0 Å². The predicted molar refractivity (Wildman–Crippen MR) is 80.6 cm³/mol. The van der Waals surface area contributed by atoms with E-state index in [1.807, 2.05) is 0 Å². The average molecular weight is 379 g/mol. The molecule has 8 heteroatoms. The second-order valence-corrected chi connectivity index (χ2v) is 6.38. The lowest BCUT2D eigenvalue weighted by atomic mass is 10.2. The summed E-state index contributed by atoms with van der Waals surface area (Å²) in [5.41, 5.74) is 5.36. The number of alkyl halides is 3. The number of anilines is 2. The smallest absolute Gasteiger partial charge is 0.398 e. The zero-order valence-electron chi connectivity index (χ0n) is 10.7. The number of carbonyl (C=O) groups excluding carboxylic acids is 1. The van der Waals surface area contributed by atoms with Gasteiger partial charge in [-0.2, -0.15) is 13.2 Å². The summed E-state index contributed by atoms with van der Waals surface area (Å²) < 4.78 is 38.4. The van der Waals surface area contributed by atoms with Gasteiger partial charge in [0, 0.05) is 15.0 Å². The first kappa shape index (κ1) is 15.8. The van der Waals surface area contributed by atoms with Crippen LogP contribution >= 0.6 is 27.3 Å². The van der Waals surface area contributed by atoms with Crippen LogP contribution < -0.4 is 11.1 Å². The summed E-state index contributed by atoms with van der Waals surface area (Å²) in [6.07, 6.45) is -4.47. The van der Waals surface area contributed by atoms with E-state index < -0.39 is 17.6 Å². The molecule has 0 aliphatic heterocycles. The molecule has 2 aromatic rings. The number of hydrogen-bond acceptors (Lipinski definition) is 3. The summed E-state index contributed by atoms with van der Waals surface area (Å²) in [5.74, 6) is -0.500. The van der Waals surface area contributed by atoms with Gasteiger partial charge in [-0.25, -0.2) is 0 Å². The van der Waals surface area contributed by atoms with E-state index in [9.17, 15) is 18.0 Å². The van der Waals surface area contributed by atoms with E-state index >= 15 is 0 Å². The summed E-state index contributed by atoms with van der Waals surface area (Å²) in [4.78, 5) is 13.2. The molecule has 0 saturated heterocycles. The minimum atomic E-state index is -4.47. The molecule has 0 bridgehead atoms. The number of carbonyl (C=O) groups is 1. The third-order valence-corrected chi connectivity index (χ3v) is 4.48. The first-order valence-electron chi connectivity index (χ1n) is 5.72. The number of halogens is 4. The zero-order valence-corrected chi connectivity index (χ0v) is 13.1. The Bertz CT molecular complexity index is 678. The number of benzene rings is 1. The molecule has 0 radical (unpaired) electrons. The molecule has 1 amide bonds. The molecule has 1 heterocycles. The van der Waals surface area contributed by atoms with Crippen LogP contribution in [-0.4, -0.2) is 5.91 Å². The first-order chi connectivity index (χ1) is 9.68. The number of nitrogen functional groups attached to an aromatic ring is 1. The Morgan fingerprint density at radius 2 is 2.00 bits per heavy atom. The Morgan fingerprint density at radius 3 is 2.52 bits per heavy atom. The van der Waals surface area contributed by atoms with E-state index in [-0.39, 0.29) is 5.69 Å². The third-order valence-electron chi connectivity index (χ3n) is 2.72. The van der Waals surface area contributed by atoms with Gasteiger partial charge in [0.15, 0.2) is 0 Å². The van der Waals surface area contributed by atoms with E-state index in [0.717, 1.165) is 17.0 Å². The molecule has 0 aliphatic carbocycles. The molecule has 0 atom stereocenters. The zero-order chi connectivity index (χ0) is 15.8. The predicted octanol–water partition coefficient (Wildman–Crippen LogP) is 4.67. The van der Waals surface area contributed by atoms with Crippen molar-refractivity contribution < 1.29 is 18.0 Å². The normalized spacial score (nSPS) is 11.5. The Hall–Kier alpha value is -1.54. The highest BCUT2D eigenvalue weighted by Gasteiger charge is 2.31. The lowest BCUT2D eigenvalue weighted by Gasteiger charge is -2.11. The van der Waals surface area contributed by atoms with Crippen LogP contribution in [0.2, 0.25) is 0 Å². The van der Waals surface area contributed by atoms with Gasteiger partial charge >= 0.3 is 6.18 Å². The number of aryl methyl sites for hydroxylation is 1. The van der Waals surface area contributed by atoms with Crippen LogP contribution in [0, 0.1) is 6.92 Å². The van der Waals surface area contributed by atoms with Gasteiger partial charge in [0.25, 0.3) is 5.91 Å². The van der Waals surface area contributed by atoms with Crippen LogP contribution in [0.5, 0.6) is 0 Å². The van der Waals surface area contributed by atoms with E-state index in [1.54, 1.807) is 6.92 Å². The van der Waals surface area contributed by atoms with Crippen LogP contribution in [0.25, 0.3) is 0 Å². The van der Waals surface area contributed by atoms with Gasteiger partial charge in [0.05, 0.1) is 16.1 Å². The van der Waals surface area contributed by atoms with Crippen molar-refractivity contribution in [1.82, 2.24) is 0 Å². The molecular formula is C13H10BrF3N2OS. The highest BCUT2D eigenvalue weighted by atomic mass is 79.9. The molecule has 2 rings (SSSR count).